The van der Waals surface area contributed by atoms with Gasteiger partial charge in [-0.3, -0.25) is 0 Å². The maximum Gasteiger partial charge on any atom is 0.0715 e. The molecule has 9 aromatic rings. The number of aromatic nitrogens is 1. The summed E-state index contributed by atoms with van der Waals surface area (Å²) in [6.07, 6.45) is 0. The molecule has 0 bridgehead atoms. The molecule has 2 aliphatic carbocycles. The van der Waals surface area contributed by atoms with Crippen LogP contribution < -0.4 is 0 Å². The number of fused-ring (bicyclic) bond motifs is 12. The lowest BCUT2D eigenvalue weighted by Gasteiger charge is -2.22. The van der Waals surface area contributed by atoms with E-state index in [1.807, 2.05) is 0 Å². The fourth-order valence-electron chi connectivity index (χ4n) is 9.81. The largest absolute Gasteiger partial charge is 0.248 e. The van der Waals surface area contributed by atoms with Gasteiger partial charge in [0.1, 0.15) is 0 Å². The molecule has 256 valence electrons. The summed E-state index contributed by atoms with van der Waals surface area (Å²) in [5.74, 6) is 0. The summed E-state index contributed by atoms with van der Waals surface area (Å²) < 4.78 is 0. The Labute approximate surface area is 316 Å². The van der Waals surface area contributed by atoms with Gasteiger partial charge < -0.3 is 0 Å². The monoisotopic (exact) mass is 689 g/mol. The smallest absolute Gasteiger partial charge is 0.0715 e. The van der Waals surface area contributed by atoms with E-state index in [1.54, 1.807) is 0 Å². The van der Waals surface area contributed by atoms with Gasteiger partial charge in [0, 0.05) is 22.0 Å². The number of rotatable bonds is 3. The van der Waals surface area contributed by atoms with Crippen LogP contribution in [0.4, 0.5) is 0 Å². The van der Waals surface area contributed by atoms with Gasteiger partial charge in [-0.05, 0) is 118 Å². The van der Waals surface area contributed by atoms with Crippen LogP contribution in [0.2, 0.25) is 0 Å². The first-order valence-corrected chi connectivity index (χ1v) is 19.1. The van der Waals surface area contributed by atoms with Crippen LogP contribution in [0.1, 0.15) is 49.9 Å². The summed E-state index contributed by atoms with van der Waals surface area (Å²) in [5, 5.41) is 7.65. The number of nitrogens with zero attached hydrogens (tertiary/aromatic N) is 1. The van der Waals surface area contributed by atoms with E-state index in [2.05, 4.69) is 191 Å². The van der Waals surface area contributed by atoms with E-state index in [0.29, 0.717) is 0 Å². The lowest BCUT2D eigenvalue weighted by Crippen LogP contribution is -2.15. The van der Waals surface area contributed by atoms with Crippen molar-refractivity contribution >= 4 is 32.3 Å². The molecule has 11 rings (SSSR count). The average molecular weight is 690 g/mol. The van der Waals surface area contributed by atoms with Crippen LogP contribution in [-0.4, -0.2) is 4.98 Å². The van der Waals surface area contributed by atoms with Crippen molar-refractivity contribution in [1.82, 2.24) is 4.98 Å². The molecule has 0 unspecified atom stereocenters. The van der Waals surface area contributed by atoms with Crippen molar-refractivity contribution in [1.29, 1.82) is 0 Å². The molecule has 0 saturated carbocycles. The van der Waals surface area contributed by atoms with Crippen molar-refractivity contribution in [2.45, 2.75) is 38.5 Å². The molecule has 0 radical (unpaired) electrons. The molecular weight excluding hydrogens is 651 g/mol. The minimum Gasteiger partial charge on any atom is -0.248 e. The van der Waals surface area contributed by atoms with Crippen molar-refractivity contribution in [2.24, 2.45) is 0 Å². The Balaban J connectivity index is 1.13. The highest BCUT2D eigenvalue weighted by Gasteiger charge is 2.36. The van der Waals surface area contributed by atoms with E-state index in [1.165, 1.54) is 88.0 Å². The zero-order chi connectivity index (χ0) is 36.3. The van der Waals surface area contributed by atoms with Gasteiger partial charge in [-0.25, -0.2) is 4.98 Å². The van der Waals surface area contributed by atoms with E-state index < -0.39 is 0 Å². The van der Waals surface area contributed by atoms with E-state index >= 15 is 0 Å². The van der Waals surface area contributed by atoms with Gasteiger partial charge in [-0.2, -0.15) is 0 Å². The Bertz CT molecular complexity index is 2890. The Hall–Kier alpha value is -6.31. The second kappa shape index (κ2) is 11.1. The van der Waals surface area contributed by atoms with Crippen molar-refractivity contribution < 1.29 is 0 Å². The van der Waals surface area contributed by atoms with Gasteiger partial charge in [0.2, 0.25) is 0 Å². The fourth-order valence-corrected chi connectivity index (χ4v) is 9.81. The molecule has 0 spiro atoms. The molecule has 1 nitrogen and oxygen atoms in total. The average Bonchev–Trinajstić information content (AvgIpc) is 3.59. The third-order valence-corrected chi connectivity index (χ3v) is 12.7. The van der Waals surface area contributed by atoms with Crippen LogP contribution in [0.5, 0.6) is 0 Å². The molecule has 0 N–H and O–H groups in total. The molecule has 0 saturated heterocycles. The van der Waals surface area contributed by atoms with Crippen molar-refractivity contribution in [2.75, 3.05) is 0 Å². The SMILES string of the molecule is CC1(C)c2ccccc2-c2ccc(-c3cc(-c4ccc5c(c4)C(C)(C)c4ccccc4-5)nc(-c4ccc5c6ccccc6c6ccccc6c5c4)c3)cc21. The summed E-state index contributed by atoms with van der Waals surface area (Å²) in [4.78, 5) is 5.50. The maximum atomic E-state index is 5.50. The highest BCUT2D eigenvalue weighted by Crippen LogP contribution is 2.51. The van der Waals surface area contributed by atoms with E-state index in [4.69, 9.17) is 4.98 Å². The molecule has 0 fully saturated rings. The molecule has 8 aromatic carbocycles. The molecule has 0 aliphatic heterocycles. The molecule has 0 atom stereocenters. The van der Waals surface area contributed by atoms with Crippen LogP contribution in [0.3, 0.4) is 0 Å². The van der Waals surface area contributed by atoms with E-state index in [9.17, 15) is 0 Å². The molecule has 54 heavy (non-hydrogen) atoms. The maximum absolute atomic E-state index is 5.50. The van der Waals surface area contributed by atoms with Crippen LogP contribution in [0.15, 0.2) is 164 Å². The Morgan fingerprint density at radius 3 is 1.24 bits per heavy atom. The number of hydrogen-bond donors (Lipinski definition) is 0. The Morgan fingerprint density at radius 1 is 0.296 bits per heavy atom. The van der Waals surface area contributed by atoms with Gasteiger partial charge in [0.25, 0.3) is 0 Å². The zero-order valence-electron chi connectivity index (χ0n) is 31.0. The fraction of sp³-hybridized carbons (Fsp3) is 0.113. The van der Waals surface area contributed by atoms with Crippen molar-refractivity contribution in [3.63, 3.8) is 0 Å². The third kappa shape index (κ3) is 4.36. The van der Waals surface area contributed by atoms with E-state index in [-0.39, 0.29) is 10.8 Å². The molecule has 0 amide bonds. The zero-order valence-corrected chi connectivity index (χ0v) is 31.0. The normalized spacial score (nSPS) is 14.6. The number of pyridine rings is 1. The lowest BCUT2D eigenvalue weighted by molar-refractivity contribution is 0.660. The molecule has 2 aliphatic rings. The van der Waals surface area contributed by atoms with Gasteiger partial charge in [-0.15, -0.1) is 0 Å². The predicted molar refractivity (Wildman–Crippen MR) is 228 cm³/mol. The Morgan fingerprint density at radius 2 is 0.685 bits per heavy atom. The molecule has 1 heteroatoms. The first-order valence-electron chi connectivity index (χ1n) is 19.1. The standard InChI is InChI=1S/C53H39N/c1-52(2)46-19-11-9-17-41(46)43-25-21-32(28-48(43)52)35-30-50(33-22-24-40-38-15-6-5-13-36(38)37-14-7-8-16-39(37)45(40)27-33)54-51(31-35)34-23-26-44-42-18-10-12-20-47(42)53(3,4)49(44)29-34/h5-31H,1-4H3. The predicted octanol–water partition coefficient (Wildman–Crippen LogP) is 14.2. The molecular formula is C53H39N. The first kappa shape index (κ1) is 31.2. The second-order valence-electron chi connectivity index (χ2n) is 16.3. The number of hydrogen-bond acceptors (Lipinski definition) is 1. The summed E-state index contributed by atoms with van der Waals surface area (Å²) in [6, 6.07) is 61.0. The van der Waals surface area contributed by atoms with Crippen LogP contribution >= 0.6 is 0 Å². The lowest BCUT2D eigenvalue weighted by atomic mass is 9.81. The molecule has 1 aromatic heterocycles. The summed E-state index contributed by atoms with van der Waals surface area (Å²) >= 11 is 0. The minimum atomic E-state index is -0.0921. The Kier molecular flexibility index (Phi) is 6.42. The third-order valence-electron chi connectivity index (χ3n) is 12.7. The van der Waals surface area contributed by atoms with Gasteiger partial charge in [0.15, 0.2) is 0 Å². The quantitative estimate of drug-likeness (QED) is 0.168. The van der Waals surface area contributed by atoms with Crippen LogP contribution in [0, 0.1) is 0 Å². The summed E-state index contributed by atoms with van der Waals surface area (Å²) in [6.45, 7) is 9.42. The number of benzene rings is 8. The van der Waals surface area contributed by atoms with Gasteiger partial charge in [-0.1, -0.05) is 161 Å². The summed E-state index contributed by atoms with van der Waals surface area (Å²) in [7, 11) is 0. The van der Waals surface area contributed by atoms with Crippen molar-refractivity contribution in [3.8, 4) is 55.9 Å². The van der Waals surface area contributed by atoms with Crippen molar-refractivity contribution in [3.05, 3.63) is 186 Å². The summed E-state index contributed by atoms with van der Waals surface area (Å²) in [5.41, 5.74) is 17.3. The highest BCUT2D eigenvalue weighted by molar-refractivity contribution is 6.25. The van der Waals surface area contributed by atoms with Gasteiger partial charge in [0.05, 0.1) is 11.4 Å². The van der Waals surface area contributed by atoms with E-state index in [0.717, 1.165) is 22.5 Å². The minimum absolute atomic E-state index is 0.0800. The first-order chi connectivity index (χ1) is 26.3. The topological polar surface area (TPSA) is 12.9 Å². The second-order valence-corrected chi connectivity index (χ2v) is 16.3. The highest BCUT2D eigenvalue weighted by atomic mass is 14.7. The van der Waals surface area contributed by atoms with Gasteiger partial charge >= 0.3 is 0 Å². The molecule has 1 heterocycles. The van der Waals surface area contributed by atoms with Crippen LogP contribution in [-0.2, 0) is 10.8 Å². The van der Waals surface area contributed by atoms with Crippen LogP contribution in [0.25, 0.3) is 88.2 Å².